The molecule has 0 aliphatic rings. The molecule has 33 heavy (non-hydrogen) atoms. The summed E-state index contributed by atoms with van der Waals surface area (Å²) in [5.74, 6) is 1.18. The van der Waals surface area contributed by atoms with Gasteiger partial charge in [0.25, 0.3) is 0 Å². The monoisotopic (exact) mass is 557 g/mol. The van der Waals surface area contributed by atoms with E-state index in [1.54, 1.807) is 0 Å². The molecule has 0 aliphatic carbocycles. The lowest BCUT2D eigenvalue weighted by molar-refractivity contribution is -0.697. The average molecular weight is 557 g/mol. The third-order valence-corrected chi connectivity index (χ3v) is 5.57. The molecule has 4 aromatic rings. The number of benzene rings is 3. The molecule has 3 aromatic carbocycles. The Morgan fingerprint density at radius 2 is 1.18 bits per heavy atom. The molecule has 2 nitrogen and oxygen atoms in total. The Balaban J connectivity index is 0.00000306. The summed E-state index contributed by atoms with van der Waals surface area (Å²) in [7, 11) is 0. The fraction of sp³-hybridized carbons (Fsp3) is 0.179. The Bertz CT molecular complexity index is 1080. The van der Waals surface area contributed by atoms with Crippen molar-refractivity contribution in [2.24, 2.45) is 0 Å². The van der Waals surface area contributed by atoms with E-state index in [0.717, 1.165) is 42.0 Å². The number of ether oxygens (including phenoxy) is 1. The van der Waals surface area contributed by atoms with Crippen molar-refractivity contribution in [2.75, 3.05) is 0 Å². The maximum atomic E-state index is 13.4. The van der Waals surface area contributed by atoms with Gasteiger partial charge in [0, 0.05) is 24.5 Å². The fourth-order valence-corrected chi connectivity index (χ4v) is 3.80. The van der Waals surface area contributed by atoms with Crippen molar-refractivity contribution >= 4 is 0 Å². The standard InChI is InChI=1S/C28H26F2NO.HI/c1-21-4-14-26(15-5-21)32-27-16-19-31(20-17-27)18-2-3-28(22-6-10-24(29)11-7-22)23-8-12-25(30)13-9-23;/h4-17,19-20,28H,2-3,18H2,1H3;1H/q+1;/p-1. The highest BCUT2D eigenvalue weighted by Gasteiger charge is 2.16. The molecule has 0 spiro atoms. The molecule has 0 radical (unpaired) electrons. The molecule has 0 fully saturated rings. The van der Waals surface area contributed by atoms with Gasteiger partial charge in [-0.2, -0.15) is 0 Å². The van der Waals surface area contributed by atoms with Crippen LogP contribution in [0.15, 0.2) is 97.3 Å². The first-order valence-electron chi connectivity index (χ1n) is 10.8. The molecule has 0 amide bonds. The van der Waals surface area contributed by atoms with Crippen LogP contribution in [0, 0.1) is 18.6 Å². The van der Waals surface area contributed by atoms with E-state index in [2.05, 4.69) is 4.57 Å². The zero-order valence-corrected chi connectivity index (χ0v) is 20.6. The van der Waals surface area contributed by atoms with Gasteiger partial charge in [0.1, 0.15) is 29.7 Å². The van der Waals surface area contributed by atoms with Gasteiger partial charge in [-0.05, 0) is 60.9 Å². The predicted molar refractivity (Wildman–Crippen MR) is 122 cm³/mol. The third kappa shape index (κ3) is 7.09. The molecule has 0 saturated heterocycles. The molecule has 5 heteroatoms. The van der Waals surface area contributed by atoms with Gasteiger partial charge in [0.2, 0.25) is 0 Å². The summed E-state index contributed by atoms with van der Waals surface area (Å²) in [4.78, 5) is 0. The van der Waals surface area contributed by atoms with E-state index >= 15 is 0 Å². The molecule has 0 saturated carbocycles. The van der Waals surface area contributed by atoms with E-state index in [4.69, 9.17) is 4.74 Å². The highest BCUT2D eigenvalue weighted by atomic mass is 127. The minimum atomic E-state index is -0.255. The van der Waals surface area contributed by atoms with Crippen molar-refractivity contribution in [3.05, 3.63) is 126 Å². The van der Waals surface area contributed by atoms with E-state index in [9.17, 15) is 8.78 Å². The number of aromatic nitrogens is 1. The van der Waals surface area contributed by atoms with Gasteiger partial charge in [-0.3, -0.25) is 0 Å². The highest BCUT2D eigenvalue weighted by Crippen LogP contribution is 2.29. The first-order valence-corrected chi connectivity index (χ1v) is 10.8. The van der Waals surface area contributed by atoms with Crippen molar-refractivity contribution in [1.29, 1.82) is 0 Å². The summed E-state index contributed by atoms with van der Waals surface area (Å²) in [5, 5.41) is 0. The number of nitrogens with zero attached hydrogens (tertiary/aromatic N) is 1. The second kappa shape index (κ2) is 11.9. The number of hydrogen-bond donors (Lipinski definition) is 0. The molecule has 4 rings (SSSR count). The summed E-state index contributed by atoms with van der Waals surface area (Å²) in [6.07, 6.45) is 5.80. The second-order valence-corrected chi connectivity index (χ2v) is 7.98. The predicted octanol–water partition coefficient (Wildman–Crippen LogP) is 3.97. The Hall–Kier alpha value is -2.80. The van der Waals surface area contributed by atoms with Crippen LogP contribution in [0.4, 0.5) is 8.78 Å². The maximum absolute atomic E-state index is 13.4. The zero-order valence-electron chi connectivity index (χ0n) is 18.4. The molecular weight excluding hydrogens is 531 g/mol. The molecule has 1 heterocycles. The first-order chi connectivity index (χ1) is 15.6. The van der Waals surface area contributed by atoms with Gasteiger partial charge in [-0.1, -0.05) is 42.0 Å². The van der Waals surface area contributed by atoms with Crippen molar-refractivity contribution in [1.82, 2.24) is 0 Å². The summed E-state index contributed by atoms with van der Waals surface area (Å²) in [6.45, 7) is 2.88. The second-order valence-electron chi connectivity index (χ2n) is 7.98. The molecule has 170 valence electrons. The average Bonchev–Trinajstić information content (AvgIpc) is 2.81. The van der Waals surface area contributed by atoms with Crippen molar-refractivity contribution in [2.45, 2.75) is 32.2 Å². The van der Waals surface area contributed by atoms with E-state index in [0.29, 0.717) is 0 Å². The van der Waals surface area contributed by atoms with Crippen molar-refractivity contribution < 1.29 is 42.1 Å². The Morgan fingerprint density at radius 3 is 1.70 bits per heavy atom. The number of aryl methyl sites for hydroxylation is 2. The lowest BCUT2D eigenvalue weighted by atomic mass is 9.87. The van der Waals surface area contributed by atoms with Crippen LogP contribution in [-0.4, -0.2) is 0 Å². The molecule has 1 aromatic heterocycles. The molecule has 0 aliphatic heterocycles. The van der Waals surface area contributed by atoms with Gasteiger partial charge in [-0.15, -0.1) is 0 Å². The number of pyridine rings is 1. The van der Waals surface area contributed by atoms with Gasteiger partial charge >= 0.3 is 0 Å². The van der Waals surface area contributed by atoms with Crippen LogP contribution in [0.5, 0.6) is 11.5 Å². The van der Waals surface area contributed by atoms with Gasteiger partial charge < -0.3 is 28.7 Å². The van der Waals surface area contributed by atoms with Crippen molar-refractivity contribution in [3.63, 3.8) is 0 Å². The van der Waals surface area contributed by atoms with Crippen molar-refractivity contribution in [3.8, 4) is 11.5 Å². The lowest BCUT2D eigenvalue weighted by Crippen LogP contribution is -3.00. The van der Waals surface area contributed by atoms with Crippen LogP contribution in [0.3, 0.4) is 0 Å². The lowest BCUT2D eigenvalue weighted by Gasteiger charge is -2.17. The molecule has 0 atom stereocenters. The van der Waals surface area contributed by atoms with Crippen LogP contribution in [0.2, 0.25) is 0 Å². The van der Waals surface area contributed by atoms with Crippen LogP contribution >= 0.6 is 0 Å². The Kier molecular flexibility index (Phi) is 8.95. The number of halogens is 3. The topological polar surface area (TPSA) is 13.1 Å². The molecule has 0 unspecified atom stereocenters. The Morgan fingerprint density at radius 1 is 0.697 bits per heavy atom. The summed E-state index contributed by atoms with van der Waals surface area (Å²) >= 11 is 0. The van der Waals surface area contributed by atoms with E-state index in [1.807, 2.05) is 80.0 Å². The normalized spacial score (nSPS) is 10.7. The number of rotatable bonds is 8. The van der Waals surface area contributed by atoms with Gasteiger partial charge in [-0.25, -0.2) is 13.3 Å². The summed E-state index contributed by atoms with van der Waals surface area (Å²) < 4.78 is 34.8. The quantitative estimate of drug-likeness (QED) is 0.236. The van der Waals surface area contributed by atoms with Crippen LogP contribution in [0.25, 0.3) is 0 Å². The third-order valence-electron chi connectivity index (χ3n) is 5.57. The summed E-state index contributed by atoms with van der Waals surface area (Å²) in [6, 6.07) is 25.1. The molecule has 0 bridgehead atoms. The summed E-state index contributed by atoms with van der Waals surface area (Å²) in [5.41, 5.74) is 3.26. The smallest absolute Gasteiger partial charge is 0.172 e. The minimum absolute atomic E-state index is 0. The first kappa shape index (κ1) is 24.8. The number of hydrogen-bond acceptors (Lipinski definition) is 1. The minimum Gasteiger partial charge on any atom is -1.00 e. The van der Waals surface area contributed by atoms with Gasteiger partial charge in [0.05, 0.1) is 0 Å². The maximum Gasteiger partial charge on any atom is 0.172 e. The zero-order chi connectivity index (χ0) is 22.3. The SMILES string of the molecule is Cc1ccc(Oc2cc[n+](CCCC(c3ccc(F)cc3)c3ccc(F)cc3)cc2)cc1.[I-]. The van der Waals surface area contributed by atoms with Crippen LogP contribution < -0.4 is 33.3 Å². The molecular formula is C28H26F2INO. The molecule has 0 N–H and O–H groups in total. The van der Waals surface area contributed by atoms with Gasteiger partial charge in [0.15, 0.2) is 12.4 Å². The van der Waals surface area contributed by atoms with Crippen LogP contribution in [-0.2, 0) is 6.54 Å². The van der Waals surface area contributed by atoms with E-state index in [-0.39, 0.29) is 41.5 Å². The largest absolute Gasteiger partial charge is 1.00 e. The Labute approximate surface area is 210 Å². The highest BCUT2D eigenvalue weighted by molar-refractivity contribution is 5.33. The van der Waals surface area contributed by atoms with E-state index in [1.165, 1.54) is 29.8 Å². The van der Waals surface area contributed by atoms with Crippen LogP contribution in [0.1, 0.15) is 35.4 Å². The van der Waals surface area contributed by atoms with E-state index < -0.39 is 0 Å². The fourth-order valence-electron chi connectivity index (χ4n) is 3.80.